The molecule has 0 saturated carbocycles. The molecular weight excluding hydrogens is 314 g/mol. The number of likely N-dealkylation sites (N-methyl/N-ethyl adjacent to an activating group) is 1. The van der Waals surface area contributed by atoms with Crippen molar-refractivity contribution in [1.29, 1.82) is 0 Å². The van der Waals surface area contributed by atoms with Gasteiger partial charge in [0, 0.05) is 12.1 Å². The quantitative estimate of drug-likeness (QED) is 0.643. The molecule has 0 saturated heterocycles. The van der Waals surface area contributed by atoms with E-state index in [9.17, 15) is 0 Å². The second-order valence-corrected chi connectivity index (χ2v) is 6.29. The van der Waals surface area contributed by atoms with Gasteiger partial charge in [0.2, 0.25) is 0 Å². The van der Waals surface area contributed by atoms with Gasteiger partial charge in [-0.05, 0) is 31.6 Å². The van der Waals surface area contributed by atoms with Crippen LogP contribution in [0.4, 0.5) is 0 Å². The van der Waals surface area contributed by atoms with E-state index in [1.54, 1.807) is 4.90 Å². The molecule has 0 amide bonds. The lowest BCUT2D eigenvalue weighted by atomic mass is 10.1. The molecular formula is C20H28N3S+. The molecule has 2 aromatic rings. The number of nitrogens with one attached hydrogen (secondary N) is 3. The van der Waals surface area contributed by atoms with Crippen LogP contribution in [0.15, 0.2) is 60.7 Å². The summed E-state index contributed by atoms with van der Waals surface area (Å²) >= 11 is 5.45. The third kappa shape index (κ3) is 5.62. The molecule has 4 heteroatoms. The van der Waals surface area contributed by atoms with Crippen LogP contribution < -0.4 is 15.5 Å². The highest BCUT2D eigenvalue weighted by Gasteiger charge is 2.21. The Hall–Kier alpha value is -1.91. The highest BCUT2D eigenvalue weighted by Crippen LogP contribution is 2.08. The van der Waals surface area contributed by atoms with E-state index in [0.717, 1.165) is 26.2 Å². The van der Waals surface area contributed by atoms with Crippen LogP contribution in [-0.4, -0.2) is 24.7 Å². The first-order valence-corrected chi connectivity index (χ1v) is 9.10. The van der Waals surface area contributed by atoms with Crippen LogP contribution in [0.25, 0.3) is 0 Å². The number of hydrogen-bond donors (Lipinski definition) is 3. The third-order valence-corrected chi connectivity index (χ3v) is 4.65. The Balaban J connectivity index is 1.91. The van der Waals surface area contributed by atoms with Gasteiger partial charge in [0.25, 0.3) is 0 Å². The SMILES string of the molecule is CC[NH+](CC)[C@H](CNC(=S)NCc1ccccc1)c1ccccc1. The predicted molar refractivity (Wildman–Crippen MR) is 105 cm³/mol. The van der Waals surface area contributed by atoms with Gasteiger partial charge in [0.1, 0.15) is 6.04 Å². The van der Waals surface area contributed by atoms with Crippen LogP contribution in [0.2, 0.25) is 0 Å². The molecule has 0 aliphatic rings. The molecule has 0 unspecified atom stereocenters. The summed E-state index contributed by atoms with van der Waals surface area (Å²) in [5, 5.41) is 7.41. The monoisotopic (exact) mass is 342 g/mol. The van der Waals surface area contributed by atoms with Crippen molar-refractivity contribution in [3.05, 3.63) is 71.8 Å². The zero-order chi connectivity index (χ0) is 17.2. The van der Waals surface area contributed by atoms with Crippen LogP contribution >= 0.6 is 12.2 Å². The number of rotatable bonds is 8. The number of hydrogen-bond acceptors (Lipinski definition) is 1. The van der Waals surface area contributed by atoms with Crippen molar-refractivity contribution < 1.29 is 4.90 Å². The van der Waals surface area contributed by atoms with Crippen molar-refractivity contribution >= 4 is 17.3 Å². The Morgan fingerprint density at radius 1 is 0.917 bits per heavy atom. The molecule has 2 aromatic carbocycles. The molecule has 0 aromatic heterocycles. The lowest BCUT2D eigenvalue weighted by Gasteiger charge is -2.27. The molecule has 1 atom stereocenters. The molecule has 0 bridgehead atoms. The fourth-order valence-corrected chi connectivity index (χ4v) is 3.12. The molecule has 24 heavy (non-hydrogen) atoms. The number of benzene rings is 2. The Morgan fingerprint density at radius 2 is 1.50 bits per heavy atom. The topological polar surface area (TPSA) is 28.5 Å². The van der Waals surface area contributed by atoms with Gasteiger partial charge in [0.05, 0.1) is 19.6 Å². The van der Waals surface area contributed by atoms with E-state index >= 15 is 0 Å². The largest absolute Gasteiger partial charge is 0.359 e. The van der Waals surface area contributed by atoms with Gasteiger partial charge in [-0.1, -0.05) is 60.7 Å². The summed E-state index contributed by atoms with van der Waals surface area (Å²) in [6.45, 7) is 8.26. The fourth-order valence-electron chi connectivity index (χ4n) is 2.96. The lowest BCUT2D eigenvalue weighted by Crippen LogP contribution is -3.12. The van der Waals surface area contributed by atoms with E-state index in [1.807, 2.05) is 18.2 Å². The van der Waals surface area contributed by atoms with Crippen molar-refractivity contribution in [2.75, 3.05) is 19.6 Å². The van der Waals surface area contributed by atoms with Crippen molar-refractivity contribution in [3.8, 4) is 0 Å². The minimum absolute atomic E-state index is 0.401. The number of quaternary nitrogens is 1. The fraction of sp³-hybridized carbons (Fsp3) is 0.350. The molecule has 3 N–H and O–H groups in total. The molecule has 128 valence electrons. The maximum atomic E-state index is 5.45. The summed E-state index contributed by atoms with van der Waals surface area (Å²) < 4.78 is 0. The zero-order valence-corrected chi connectivity index (χ0v) is 15.4. The van der Waals surface area contributed by atoms with Crippen LogP contribution in [0, 0.1) is 0 Å². The molecule has 0 aliphatic heterocycles. The van der Waals surface area contributed by atoms with Gasteiger partial charge < -0.3 is 15.5 Å². The number of thiocarbonyl (C=S) groups is 1. The first-order chi connectivity index (χ1) is 11.7. The van der Waals surface area contributed by atoms with Crippen molar-refractivity contribution in [2.45, 2.75) is 26.4 Å². The molecule has 0 heterocycles. The smallest absolute Gasteiger partial charge is 0.166 e. The van der Waals surface area contributed by atoms with Gasteiger partial charge in [0.15, 0.2) is 5.11 Å². The molecule has 3 nitrogen and oxygen atoms in total. The van der Waals surface area contributed by atoms with Crippen LogP contribution in [-0.2, 0) is 6.54 Å². The van der Waals surface area contributed by atoms with Gasteiger partial charge in [-0.3, -0.25) is 0 Å². The summed E-state index contributed by atoms with van der Waals surface area (Å²) in [4.78, 5) is 1.56. The zero-order valence-electron chi connectivity index (χ0n) is 14.6. The van der Waals surface area contributed by atoms with E-state index in [4.69, 9.17) is 12.2 Å². The summed E-state index contributed by atoms with van der Waals surface area (Å²) in [5.41, 5.74) is 2.59. The average molecular weight is 343 g/mol. The highest BCUT2D eigenvalue weighted by molar-refractivity contribution is 7.80. The van der Waals surface area contributed by atoms with E-state index < -0.39 is 0 Å². The van der Waals surface area contributed by atoms with E-state index in [1.165, 1.54) is 11.1 Å². The average Bonchev–Trinajstić information content (AvgIpc) is 2.65. The van der Waals surface area contributed by atoms with Crippen LogP contribution in [0.5, 0.6) is 0 Å². The maximum Gasteiger partial charge on any atom is 0.166 e. The predicted octanol–water partition coefficient (Wildman–Crippen LogP) is 2.32. The van der Waals surface area contributed by atoms with E-state index in [2.05, 4.69) is 66.9 Å². The van der Waals surface area contributed by atoms with Gasteiger partial charge in [-0.15, -0.1) is 0 Å². The molecule has 0 radical (unpaired) electrons. The minimum Gasteiger partial charge on any atom is -0.359 e. The van der Waals surface area contributed by atoms with Crippen molar-refractivity contribution in [2.24, 2.45) is 0 Å². The van der Waals surface area contributed by atoms with E-state index in [0.29, 0.717) is 11.2 Å². The van der Waals surface area contributed by atoms with Gasteiger partial charge in [-0.25, -0.2) is 0 Å². The standard InChI is InChI=1S/C20H27N3S/c1-3-23(4-2)19(18-13-9-6-10-14-18)16-22-20(24)21-15-17-11-7-5-8-12-17/h5-14,19H,3-4,15-16H2,1-2H3,(H2,21,22,24)/p+1/t19-/m1/s1. The Labute approximate surface area is 151 Å². The third-order valence-electron chi connectivity index (χ3n) is 4.37. The van der Waals surface area contributed by atoms with Gasteiger partial charge in [-0.2, -0.15) is 0 Å². The maximum absolute atomic E-state index is 5.45. The van der Waals surface area contributed by atoms with Crippen molar-refractivity contribution in [1.82, 2.24) is 10.6 Å². The van der Waals surface area contributed by atoms with Gasteiger partial charge >= 0.3 is 0 Å². The summed E-state index contributed by atoms with van der Waals surface area (Å²) in [7, 11) is 0. The van der Waals surface area contributed by atoms with Crippen LogP contribution in [0.3, 0.4) is 0 Å². The summed E-state index contributed by atoms with van der Waals surface area (Å²) in [6.07, 6.45) is 0. The molecule has 2 rings (SSSR count). The first kappa shape index (κ1) is 18.4. The lowest BCUT2D eigenvalue weighted by molar-refractivity contribution is -0.927. The second-order valence-electron chi connectivity index (χ2n) is 5.88. The molecule has 0 spiro atoms. The minimum atomic E-state index is 0.401. The Morgan fingerprint density at radius 3 is 2.08 bits per heavy atom. The van der Waals surface area contributed by atoms with E-state index in [-0.39, 0.29) is 0 Å². The van der Waals surface area contributed by atoms with Crippen molar-refractivity contribution in [3.63, 3.8) is 0 Å². The Bertz CT molecular complexity index is 597. The summed E-state index contributed by atoms with van der Waals surface area (Å²) in [6, 6.07) is 21.4. The highest BCUT2D eigenvalue weighted by atomic mass is 32.1. The molecule has 0 aliphatic carbocycles. The first-order valence-electron chi connectivity index (χ1n) is 8.69. The van der Waals surface area contributed by atoms with Crippen LogP contribution in [0.1, 0.15) is 31.0 Å². The second kappa shape index (κ2) is 10.1. The Kier molecular flexibility index (Phi) is 7.72. The summed E-state index contributed by atoms with van der Waals surface area (Å²) in [5.74, 6) is 0. The normalized spacial score (nSPS) is 12.0. The molecule has 0 fully saturated rings.